The zero-order valence-corrected chi connectivity index (χ0v) is 8.54. The Balaban J connectivity index is 1.69. The Labute approximate surface area is 84.8 Å². The van der Waals surface area contributed by atoms with Gasteiger partial charge in [-0.1, -0.05) is 0 Å². The Morgan fingerprint density at radius 2 is 2.43 bits per heavy atom. The minimum Gasteiger partial charge on any atom is -0.395 e. The summed E-state index contributed by atoms with van der Waals surface area (Å²) in [6, 6.07) is 0.608. The molecule has 1 spiro atoms. The molecule has 4 fully saturated rings. The highest BCUT2D eigenvalue weighted by molar-refractivity contribution is 5.14. The number of nitrogens with one attached hydrogen (secondary N) is 1. The normalized spacial score (nSPS) is 49.9. The van der Waals surface area contributed by atoms with Crippen LogP contribution in [0.25, 0.3) is 0 Å². The first-order chi connectivity index (χ1) is 6.86. The minimum absolute atomic E-state index is 0.252. The van der Waals surface area contributed by atoms with E-state index < -0.39 is 0 Å². The van der Waals surface area contributed by atoms with Gasteiger partial charge in [0.15, 0.2) is 0 Å². The van der Waals surface area contributed by atoms with Gasteiger partial charge >= 0.3 is 0 Å². The number of ether oxygens (including phenoxy) is 1. The first-order valence-electron chi connectivity index (χ1n) is 5.84. The van der Waals surface area contributed by atoms with Crippen molar-refractivity contribution in [2.24, 2.45) is 11.8 Å². The van der Waals surface area contributed by atoms with Crippen molar-refractivity contribution in [3.05, 3.63) is 0 Å². The van der Waals surface area contributed by atoms with Crippen molar-refractivity contribution in [2.75, 3.05) is 19.8 Å². The van der Waals surface area contributed by atoms with Gasteiger partial charge in [-0.2, -0.15) is 0 Å². The Morgan fingerprint density at radius 1 is 1.50 bits per heavy atom. The first kappa shape index (κ1) is 9.13. The lowest BCUT2D eigenvalue weighted by atomic mass is 9.56. The molecule has 80 valence electrons. The average molecular weight is 197 g/mol. The lowest BCUT2D eigenvalue weighted by Crippen LogP contribution is -2.60. The third-order valence-corrected chi connectivity index (χ3v) is 4.37. The van der Waals surface area contributed by atoms with E-state index in [0.717, 1.165) is 25.0 Å². The summed E-state index contributed by atoms with van der Waals surface area (Å²) in [5.41, 5.74) is 0.260. The molecule has 0 aromatic rings. The van der Waals surface area contributed by atoms with Gasteiger partial charge in [-0.3, -0.25) is 0 Å². The summed E-state index contributed by atoms with van der Waals surface area (Å²) in [5, 5.41) is 12.3. The van der Waals surface area contributed by atoms with E-state index in [2.05, 4.69) is 5.32 Å². The van der Waals surface area contributed by atoms with Crippen LogP contribution in [0.1, 0.15) is 25.7 Å². The fraction of sp³-hybridized carbons (Fsp3) is 1.00. The maximum absolute atomic E-state index is 8.82. The van der Waals surface area contributed by atoms with Gasteiger partial charge in [-0.25, -0.2) is 0 Å². The average Bonchev–Trinajstić information content (AvgIpc) is 2.72. The van der Waals surface area contributed by atoms with Crippen molar-refractivity contribution < 1.29 is 9.84 Å². The molecule has 4 unspecified atom stereocenters. The van der Waals surface area contributed by atoms with Crippen molar-refractivity contribution in [2.45, 2.75) is 37.3 Å². The summed E-state index contributed by atoms with van der Waals surface area (Å²) in [6.45, 7) is 1.98. The molecule has 3 heteroatoms. The van der Waals surface area contributed by atoms with Gasteiger partial charge in [-0.15, -0.1) is 0 Å². The smallest absolute Gasteiger partial charge is 0.0732 e. The van der Waals surface area contributed by atoms with Crippen LogP contribution in [0.4, 0.5) is 0 Å². The molecule has 4 atom stereocenters. The highest BCUT2D eigenvalue weighted by Crippen LogP contribution is 2.60. The van der Waals surface area contributed by atoms with Crippen molar-refractivity contribution in [3.63, 3.8) is 0 Å². The van der Waals surface area contributed by atoms with Crippen molar-refractivity contribution in [1.82, 2.24) is 5.32 Å². The van der Waals surface area contributed by atoms with Crippen LogP contribution in [0.15, 0.2) is 0 Å². The van der Waals surface area contributed by atoms with Crippen LogP contribution in [0.3, 0.4) is 0 Å². The van der Waals surface area contributed by atoms with E-state index in [4.69, 9.17) is 9.84 Å². The molecule has 2 saturated carbocycles. The lowest BCUT2D eigenvalue weighted by Gasteiger charge is -2.52. The number of hydrogen-bond acceptors (Lipinski definition) is 3. The van der Waals surface area contributed by atoms with Gasteiger partial charge < -0.3 is 15.2 Å². The Kier molecular flexibility index (Phi) is 2.08. The van der Waals surface area contributed by atoms with Gasteiger partial charge in [0.05, 0.1) is 18.8 Å². The minimum atomic E-state index is 0.252. The molecule has 2 aliphatic carbocycles. The molecule has 4 rings (SSSR count). The second-order valence-electron chi connectivity index (χ2n) is 5.04. The second-order valence-corrected chi connectivity index (χ2v) is 5.04. The zero-order valence-electron chi connectivity index (χ0n) is 8.54. The van der Waals surface area contributed by atoms with E-state index in [9.17, 15) is 0 Å². The number of aliphatic hydroxyl groups excluding tert-OH is 1. The van der Waals surface area contributed by atoms with Crippen molar-refractivity contribution >= 4 is 0 Å². The monoisotopic (exact) mass is 197 g/mol. The fourth-order valence-corrected chi connectivity index (χ4v) is 3.88. The lowest BCUT2D eigenvalue weighted by molar-refractivity contribution is -0.0930. The SMILES string of the molecule is OCCNC1CCCC23CC(CO2)C13. The highest BCUT2D eigenvalue weighted by atomic mass is 16.5. The largest absolute Gasteiger partial charge is 0.395 e. The van der Waals surface area contributed by atoms with Gasteiger partial charge in [0, 0.05) is 18.5 Å². The first-order valence-corrected chi connectivity index (χ1v) is 5.84. The maximum Gasteiger partial charge on any atom is 0.0732 e. The molecule has 2 bridgehead atoms. The standard InChI is InChI=1S/C11H19NO2/c13-5-4-12-9-2-1-3-11-6-8(7-14-11)10(9)11/h8-10,12-13H,1-7H2. The molecule has 0 aromatic carbocycles. The highest BCUT2D eigenvalue weighted by Gasteiger charge is 2.63. The summed E-state index contributed by atoms with van der Waals surface area (Å²) in [4.78, 5) is 0. The second kappa shape index (κ2) is 3.19. The van der Waals surface area contributed by atoms with Crippen LogP contribution < -0.4 is 5.32 Å². The summed E-state index contributed by atoms with van der Waals surface area (Å²) in [7, 11) is 0. The third-order valence-electron chi connectivity index (χ3n) is 4.37. The maximum atomic E-state index is 8.82. The number of aliphatic hydroxyl groups is 1. The predicted molar refractivity (Wildman–Crippen MR) is 53.0 cm³/mol. The third kappa shape index (κ3) is 1.09. The van der Waals surface area contributed by atoms with E-state index in [1.165, 1.54) is 25.7 Å². The van der Waals surface area contributed by atoms with Gasteiger partial charge in [0.25, 0.3) is 0 Å². The molecule has 0 aromatic heterocycles. The Hall–Kier alpha value is -0.120. The summed E-state index contributed by atoms with van der Waals surface area (Å²) in [6.07, 6.45) is 5.12. The van der Waals surface area contributed by atoms with Crippen LogP contribution in [-0.2, 0) is 4.74 Å². The van der Waals surface area contributed by atoms with Crippen LogP contribution in [0.5, 0.6) is 0 Å². The molecule has 0 amide bonds. The molecule has 3 nitrogen and oxygen atoms in total. The van der Waals surface area contributed by atoms with Crippen LogP contribution in [0.2, 0.25) is 0 Å². The number of fused-ring (bicyclic) bond motifs is 1. The molecular weight excluding hydrogens is 178 g/mol. The van der Waals surface area contributed by atoms with E-state index in [1.807, 2.05) is 0 Å². The number of rotatable bonds is 3. The zero-order chi connectivity index (χ0) is 9.60. The summed E-state index contributed by atoms with van der Waals surface area (Å²) in [5.74, 6) is 1.56. The molecule has 2 aliphatic heterocycles. The van der Waals surface area contributed by atoms with E-state index in [0.29, 0.717) is 6.04 Å². The van der Waals surface area contributed by atoms with E-state index in [1.54, 1.807) is 0 Å². The van der Waals surface area contributed by atoms with Gasteiger partial charge in [-0.05, 0) is 31.6 Å². The van der Waals surface area contributed by atoms with Crippen molar-refractivity contribution in [1.29, 1.82) is 0 Å². The molecule has 4 aliphatic rings. The van der Waals surface area contributed by atoms with Crippen molar-refractivity contribution in [3.8, 4) is 0 Å². The van der Waals surface area contributed by atoms with Gasteiger partial charge in [0.1, 0.15) is 0 Å². The predicted octanol–water partition coefficient (Wildman–Crippen LogP) is 0.526. The topological polar surface area (TPSA) is 41.5 Å². The Morgan fingerprint density at radius 3 is 3.21 bits per heavy atom. The van der Waals surface area contributed by atoms with E-state index >= 15 is 0 Å². The number of hydrogen-bond donors (Lipinski definition) is 2. The molecule has 2 saturated heterocycles. The Bertz CT molecular complexity index is 229. The fourth-order valence-electron chi connectivity index (χ4n) is 3.88. The molecule has 14 heavy (non-hydrogen) atoms. The quantitative estimate of drug-likeness (QED) is 0.693. The van der Waals surface area contributed by atoms with E-state index in [-0.39, 0.29) is 12.2 Å². The summed E-state index contributed by atoms with van der Waals surface area (Å²) >= 11 is 0. The summed E-state index contributed by atoms with van der Waals surface area (Å²) < 4.78 is 5.93. The molecular formula is C11H19NO2. The molecule has 2 heterocycles. The van der Waals surface area contributed by atoms with Gasteiger partial charge in [0.2, 0.25) is 0 Å². The molecule has 0 radical (unpaired) electrons. The van der Waals surface area contributed by atoms with Crippen LogP contribution >= 0.6 is 0 Å². The van der Waals surface area contributed by atoms with Crippen LogP contribution in [0, 0.1) is 11.8 Å². The molecule has 2 N–H and O–H groups in total. The van der Waals surface area contributed by atoms with Crippen LogP contribution in [-0.4, -0.2) is 36.5 Å².